The van der Waals surface area contributed by atoms with Gasteiger partial charge in [-0.2, -0.15) is 0 Å². The highest BCUT2D eigenvalue weighted by atomic mass is 19.1. The maximum Gasteiger partial charge on any atom is 0.337 e. The lowest BCUT2D eigenvalue weighted by Crippen LogP contribution is -2.40. The van der Waals surface area contributed by atoms with E-state index in [2.05, 4.69) is 10.3 Å². The van der Waals surface area contributed by atoms with E-state index >= 15 is 0 Å². The van der Waals surface area contributed by atoms with E-state index < -0.39 is 35.8 Å². The van der Waals surface area contributed by atoms with Gasteiger partial charge in [0.05, 0.1) is 17.2 Å². The highest BCUT2D eigenvalue weighted by molar-refractivity contribution is 6.00. The molecule has 2 heterocycles. The number of anilines is 1. The molecule has 3 atom stereocenters. The predicted molar refractivity (Wildman–Crippen MR) is 117 cm³/mol. The summed E-state index contributed by atoms with van der Waals surface area (Å²) in [6, 6.07) is 1.79. The fourth-order valence-corrected chi connectivity index (χ4v) is 4.38. The van der Waals surface area contributed by atoms with Crippen molar-refractivity contribution in [2.75, 3.05) is 11.9 Å². The molecule has 1 aromatic rings. The Kier molecular flexibility index (Phi) is 6.67. The molecule has 3 aliphatic rings. The number of carboxylic acids is 1. The first-order chi connectivity index (χ1) is 16.2. The van der Waals surface area contributed by atoms with E-state index in [1.54, 1.807) is 6.08 Å². The summed E-state index contributed by atoms with van der Waals surface area (Å²) >= 11 is 0. The molecular weight excluding hydrogens is 451 g/mol. The summed E-state index contributed by atoms with van der Waals surface area (Å²) in [6.45, 7) is 0.136. The van der Waals surface area contributed by atoms with Gasteiger partial charge in [-0.05, 0) is 49.1 Å². The third kappa shape index (κ3) is 4.80. The van der Waals surface area contributed by atoms with Crippen molar-refractivity contribution >= 4 is 23.6 Å². The zero-order valence-corrected chi connectivity index (χ0v) is 18.0. The number of nitrogens with zero attached hydrogens (tertiary/aromatic N) is 2. The van der Waals surface area contributed by atoms with Crippen molar-refractivity contribution in [3.8, 4) is 0 Å². The van der Waals surface area contributed by atoms with Gasteiger partial charge in [0, 0.05) is 31.2 Å². The van der Waals surface area contributed by atoms with Gasteiger partial charge in [0.2, 0.25) is 5.91 Å². The second-order valence-corrected chi connectivity index (χ2v) is 8.32. The number of aromatic carboxylic acids is 1. The first kappa shape index (κ1) is 23.5. The Morgan fingerprint density at radius 1 is 1.18 bits per heavy atom. The molecule has 178 valence electrons. The molecule has 3 unspecified atom stereocenters. The van der Waals surface area contributed by atoms with Gasteiger partial charge >= 0.3 is 5.97 Å². The topological polar surface area (TPSA) is 99.6 Å². The summed E-state index contributed by atoms with van der Waals surface area (Å²) in [7, 11) is 0. The number of carbonyl (C=O) groups is 3. The van der Waals surface area contributed by atoms with Gasteiger partial charge in [-0.1, -0.05) is 6.08 Å². The summed E-state index contributed by atoms with van der Waals surface area (Å²) < 4.78 is 42.7. The average molecular weight is 473 g/mol. The van der Waals surface area contributed by atoms with Crippen LogP contribution in [0.1, 0.15) is 36.0 Å². The normalized spacial score (nSPS) is 24.0. The number of rotatable bonds is 7. The lowest BCUT2D eigenvalue weighted by Gasteiger charge is -2.30. The maximum atomic E-state index is 14.7. The molecule has 1 aliphatic heterocycles. The van der Waals surface area contributed by atoms with Crippen molar-refractivity contribution in [2.45, 2.75) is 37.9 Å². The molecule has 1 aromatic heterocycles. The van der Waals surface area contributed by atoms with Gasteiger partial charge in [-0.3, -0.25) is 9.59 Å². The molecular formula is C24H22F3N3O4. The van der Waals surface area contributed by atoms with Crippen LogP contribution in [0.15, 0.2) is 65.4 Å². The summed E-state index contributed by atoms with van der Waals surface area (Å²) in [5.41, 5.74) is -0.274. The Bertz CT molecular complexity index is 1140. The minimum atomic E-state index is -1.63. The number of hydrogen-bond acceptors (Lipinski definition) is 4. The van der Waals surface area contributed by atoms with E-state index in [1.165, 1.54) is 29.2 Å². The van der Waals surface area contributed by atoms with Crippen molar-refractivity contribution in [1.29, 1.82) is 0 Å². The summed E-state index contributed by atoms with van der Waals surface area (Å²) in [4.78, 5) is 41.7. The zero-order chi connectivity index (χ0) is 24.4. The minimum Gasteiger partial charge on any atom is -0.478 e. The van der Waals surface area contributed by atoms with E-state index in [-0.39, 0.29) is 60.1 Å². The Morgan fingerprint density at radius 2 is 1.97 bits per heavy atom. The maximum absolute atomic E-state index is 14.7. The van der Waals surface area contributed by atoms with Crippen LogP contribution in [-0.2, 0) is 9.59 Å². The van der Waals surface area contributed by atoms with Crippen LogP contribution in [0.5, 0.6) is 0 Å². The second kappa shape index (κ2) is 9.66. The van der Waals surface area contributed by atoms with Crippen LogP contribution in [0.3, 0.4) is 0 Å². The Hall–Kier alpha value is -3.69. The molecule has 0 saturated carbocycles. The van der Waals surface area contributed by atoms with Gasteiger partial charge in [0.25, 0.3) is 5.91 Å². The number of halogens is 3. The summed E-state index contributed by atoms with van der Waals surface area (Å²) in [5.74, 6) is -3.35. The number of hydrogen-bond donors (Lipinski definition) is 2. The van der Waals surface area contributed by atoms with Gasteiger partial charge < -0.3 is 15.3 Å². The molecule has 0 saturated heterocycles. The summed E-state index contributed by atoms with van der Waals surface area (Å²) in [5, 5.41) is 11.5. The molecule has 2 amide bonds. The largest absolute Gasteiger partial charge is 0.478 e. The van der Waals surface area contributed by atoms with Crippen LogP contribution in [-0.4, -0.2) is 51.5 Å². The van der Waals surface area contributed by atoms with Gasteiger partial charge in [0.1, 0.15) is 23.6 Å². The van der Waals surface area contributed by atoms with E-state index in [0.717, 1.165) is 12.3 Å². The lowest BCUT2D eigenvalue weighted by atomic mass is 9.91. The van der Waals surface area contributed by atoms with Crippen molar-refractivity contribution in [3.05, 3.63) is 71.0 Å². The van der Waals surface area contributed by atoms with E-state index in [1.807, 2.05) is 0 Å². The van der Waals surface area contributed by atoms with Crippen molar-refractivity contribution in [1.82, 2.24) is 9.88 Å². The third-order valence-corrected chi connectivity index (χ3v) is 6.06. The van der Waals surface area contributed by atoms with Crippen molar-refractivity contribution < 1.29 is 32.7 Å². The number of allylic oxidation sites excluding steroid dienone is 4. The molecule has 34 heavy (non-hydrogen) atoms. The Balaban J connectivity index is 1.48. The monoisotopic (exact) mass is 473 g/mol. The van der Waals surface area contributed by atoms with Crippen LogP contribution in [0.4, 0.5) is 19.0 Å². The molecule has 0 aromatic carbocycles. The molecule has 0 fully saturated rings. The molecule has 10 heteroatoms. The summed E-state index contributed by atoms with van der Waals surface area (Å²) in [6.07, 6.45) is 4.94. The fraction of sp³-hybridized carbons (Fsp3) is 0.333. The number of pyridine rings is 1. The molecule has 0 bridgehead atoms. The standard InChI is InChI=1S/C24H22F3N3O4/c25-15-4-1-13(2-5-15)12-30-18(21-16(26)6-7-17(27)22(21)23(30)32)8-10-20(31)29-19-9-3-14(11-28-19)24(33)34/h1,3-6,9,11,13,17-18H,2,7-8,10,12H2,(H,33,34)(H,28,29,31). The lowest BCUT2D eigenvalue weighted by molar-refractivity contribution is -0.128. The van der Waals surface area contributed by atoms with Crippen LogP contribution >= 0.6 is 0 Å². The number of nitrogens with one attached hydrogen (secondary N) is 1. The van der Waals surface area contributed by atoms with Crippen LogP contribution < -0.4 is 5.32 Å². The molecule has 4 rings (SSSR count). The predicted octanol–water partition coefficient (Wildman–Crippen LogP) is 4.03. The van der Waals surface area contributed by atoms with Crippen molar-refractivity contribution in [2.24, 2.45) is 5.92 Å². The molecule has 2 aliphatic carbocycles. The van der Waals surface area contributed by atoms with E-state index in [4.69, 9.17) is 5.11 Å². The van der Waals surface area contributed by atoms with Gasteiger partial charge in [-0.15, -0.1) is 0 Å². The SMILES string of the molecule is O=C(CCC1C2=C(C(=O)N1CC1C=CC(F)=CC1)C(F)CC=C2F)Nc1ccc(C(=O)O)cn1. The number of carbonyl (C=O) groups excluding carboxylic acids is 2. The highest BCUT2D eigenvalue weighted by Crippen LogP contribution is 2.41. The zero-order valence-electron chi connectivity index (χ0n) is 18.0. The smallest absolute Gasteiger partial charge is 0.337 e. The van der Waals surface area contributed by atoms with E-state index in [0.29, 0.717) is 6.42 Å². The highest BCUT2D eigenvalue weighted by Gasteiger charge is 2.45. The third-order valence-electron chi connectivity index (χ3n) is 6.06. The molecule has 2 N–H and O–H groups in total. The molecule has 0 radical (unpaired) electrons. The Morgan fingerprint density at radius 3 is 2.62 bits per heavy atom. The van der Waals surface area contributed by atoms with Crippen molar-refractivity contribution in [3.63, 3.8) is 0 Å². The van der Waals surface area contributed by atoms with Gasteiger partial charge in [0.15, 0.2) is 0 Å². The number of aromatic nitrogens is 1. The Labute approximate surface area is 193 Å². The quantitative estimate of drug-likeness (QED) is 0.623. The number of alkyl halides is 1. The minimum absolute atomic E-state index is 0.0259. The molecule has 7 nitrogen and oxygen atoms in total. The second-order valence-electron chi connectivity index (χ2n) is 8.32. The first-order valence-electron chi connectivity index (χ1n) is 10.8. The van der Waals surface area contributed by atoms with Crippen LogP contribution in [0, 0.1) is 5.92 Å². The number of amides is 2. The van der Waals surface area contributed by atoms with Crippen LogP contribution in [0.25, 0.3) is 0 Å². The average Bonchev–Trinajstić information content (AvgIpc) is 3.09. The fourth-order valence-electron chi connectivity index (χ4n) is 4.38. The van der Waals surface area contributed by atoms with Gasteiger partial charge in [-0.25, -0.2) is 22.9 Å². The van der Waals surface area contributed by atoms with Crippen LogP contribution in [0.2, 0.25) is 0 Å². The van der Waals surface area contributed by atoms with E-state index in [9.17, 15) is 27.6 Å². The number of carboxylic acid groups (broad SMARTS) is 1. The first-order valence-corrected chi connectivity index (χ1v) is 10.8. The molecule has 0 spiro atoms.